The van der Waals surface area contributed by atoms with Crippen molar-refractivity contribution >= 4 is 17.5 Å². The van der Waals surface area contributed by atoms with Crippen molar-refractivity contribution in [3.8, 4) is 0 Å². The van der Waals surface area contributed by atoms with E-state index in [9.17, 15) is 4.79 Å². The van der Waals surface area contributed by atoms with Gasteiger partial charge < -0.3 is 10.6 Å². The summed E-state index contributed by atoms with van der Waals surface area (Å²) in [4.78, 5) is 11.5. The van der Waals surface area contributed by atoms with Gasteiger partial charge in [0.2, 0.25) is 5.91 Å². The molecule has 5 heteroatoms. The number of benzene rings is 1. The van der Waals surface area contributed by atoms with E-state index >= 15 is 0 Å². The highest BCUT2D eigenvalue weighted by Crippen LogP contribution is 2.08. The molecule has 22 heavy (non-hydrogen) atoms. The van der Waals surface area contributed by atoms with Gasteiger partial charge in [-0.15, -0.1) is 10.2 Å². The summed E-state index contributed by atoms with van der Waals surface area (Å²) in [6.45, 7) is 4.51. The second kappa shape index (κ2) is 8.12. The second-order valence-electron chi connectivity index (χ2n) is 5.46. The minimum absolute atomic E-state index is 0.0575. The Morgan fingerprint density at radius 1 is 1.05 bits per heavy atom. The predicted molar refractivity (Wildman–Crippen MR) is 88.8 cm³/mol. The molecule has 5 nitrogen and oxygen atoms in total. The zero-order valence-electron chi connectivity index (χ0n) is 13.0. The van der Waals surface area contributed by atoms with Gasteiger partial charge in [-0.3, -0.25) is 4.79 Å². The van der Waals surface area contributed by atoms with Crippen LogP contribution in [0.3, 0.4) is 0 Å². The maximum absolute atomic E-state index is 11.5. The Balaban J connectivity index is 1.73. The molecule has 1 aromatic carbocycles. The smallest absolute Gasteiger partial charge is 0.228 e. The quantitative estimate of drug-likeness (QED) is 0.771. The third-order valence-corrected chi connectivity index (χ3v) is 3.23. The zero-order valence-corrected chi connectivity index (χ0v) is 13.0. The molecule has 0 aliphatic rings. The van der Waals surface area contributed by atoms with E-state index in [4.69, 9.17) is 0 Å². The average molecular weight is 298 g/mol. The van der Waals surface area contributed by atoms with Crippen LogP contribution in [0.25, 0.3) is 0 Å². The minimum atomic E-state index is -0.0717. The lowest BCUT2D eigenvalue weighted by Gasteiger charge is -2.08. The Hall–Kier alpha value is -2.43. The molecule has 0 aliphatic carbocycles. The summed E-state index contributed by atoms with van der Waals surface area (Å²) in [5.74, 6) is 1.07. The average Bonchev–Trinajstić information content (AvgIpc) is 2.54. The van der Waals surface area contributed by atoms with Gasteiger partial charge in [-0.25, -0.2) is 0 Å². The molecule has 2 N–H and O–H groups in total. The Bertz CT molecular complexity index is 581. The SMILES string of the molecule is CC(C)C(=O)Nc1ccc(NCCCc2ccccc2)nn1. The van der Waals surface area contributed by atoms with Crippen molar-refractivity contribution in [1.82, 2.24) is 10.2 Å². The number of aromatic nitrogens is 2. The van der Waals surface area contributed by atoms with Crippen LogP contribution in [0.5, 0.6) is 0 Å². The van der Waals surface area contributed by atoms with Crippen LogP contribution in [-0.2, 0) is 11.2 Å². The van der Waals surface area contributed by atoms with Gasteiger partial charge in [0.25, 0.3) is 0 Å². The molecule has 0 spiro atoms. The highest BCUT2D eigenvalue weighted by atomic mass is 16.1. The first-order valence-electron chi connectivity index (χ1n) is 7.57. The number of hydrogen-bond acceptors (Lipinski definition) is 4. The first kappa shape index (κ1) is 15.9. The van der Waals surface area contributed by atoms with Gasteiger partial charge in [-0.05, 0) is 30.5 Å². The summed E-state index contributed by atoms with van der Waals surface area (Å²) in [6, 6.07) is 14.0. The molecule has 2 aromatic rings. The Labute approximate surface area is 131 Å². The van der Waals surface area contributed by atoms with E-state index in [1.165, 1.54) is 5.56 Å². The second-order valence-corrected chi connectivity index (χ2v) is 5.46. The van der Waals surface area contributed by atoms with Crippen molar-refractivity contribution in [2.45, 2.75) is 26.7 Å². The molecule has 0 saturated heterocycles. The molecule has 2 rings (SSSR count). The molecule has 0 atom stereocenters. The largest absolute Gasteiger partial charge is 0.369 e. The third-order valence-electron chi connectivity index (χ3n) is 3.23. The normalized spacial score (nSPS) is 10.5. The van der Waals surface area contributed by atoms with E-state index in [2.05, 4.69) is 45.1 Å². The van der Waals surface area contributed by atoms with Crippen LogP contribution in [0.1, 0.15) is 25.8 Å². The fraction of sp³-hybridized carbons (Fsp3) is 0.353. The van der Waals surface area contributed by atoms with Gasteiger partial charge >= 0.3 is 0 Å². The van der Waals surface area contributed by atoms with Gasteiger partial charge in [0, 0.05) is 12.5 Å². The first-order valence-corrected chi connectivity index (χ1v) is 7.57. The van der Waals surface area contributed by atoms with Crippen LogP contribution in [0.4, 0.5) is 11.6 Å². The minimum Gasteiger partial charge on any atom is -0.369 e. The van der Waals surface area contributed by atoms with Crippen molar-refractivity contribution in [2.75, 3.05) is 17.2 Å². The van der Waals surface area contributed by atoms with Crippen LogP contribution in [0.15, 0.2) is 42.5 Å². The molecule has 1 amide bonds. The van der Waals surface area contributed by atoms with E-state index < -0.39 is 0 Å². The predicted octanol–water partition coefficient (Wildman–Crippen LogP) is 3.12. The van der Waals surface area contributed by atoms with Gasteiger partial charge in [0.15, 0.2) is 5.82 Å². The number of anilines is 2. The Morgan fingerprint density at radius 3 is 2.36 bits per heavy atom. The third kappa shape index (κ3) is 5.16. The van der Waals surface area contributed by atoms with Gasteiger partial charge in [0.05, 0.1) is 0 Å². The Morgan fingerprint density at radius 2 is 1.73 bits per heavy atom. The van der Waals surface area contributed by atoms with Crippen molar-refractivity contribution in [3.05, 3.63) is 48.0 Å². The van der Waals surface area contributed by atoms with E-state index in [-0.39, 0.29) is 11.8 Å². The molecule has 0 fully saturated rings. The van der Waals surface area contributed by atoms with E-state index in [1.807, 2.05) is 26.0 Å². The molecular formula is C17H22N4O. The van der Waals surface area contributed by atoms with Crippen LogP contribution in [-0.4, -0.2) is 22.6 Å². The summed E-state index contributed by atoms with van der Waals surface area (Å²) in [6.07, 6.45) is 2.06. The van der Waals surface area contributed by atoms with Gasteiger partial charge in [-0.1, -0.05) is 44.2 Å². The van der Waals surface area contributed by atoms with E-state index in [0.29, 0.717) is 5.82 Å². The van der Waals surface area contributed by atoms with E-state index in [0.717, 1.165) is 25.2 Å². The highest BCUT2D eigenvalue weighted by Gasteiger charge is 2.07. The van der Waals surface area contributed by atoms with Crippen molar-refractivity contribution < 1.29 is 4.79 Å². The first-order chi connectivity index (χ1) is 10.6. The summed E-state index contributed by atoms with van der Waals surface area (Å²) in [7, 11) is 0. The number of nitrogens with one attached hydrogen (secondary N) is 2. The number of carbonyl (C=O) groups excluding carboxylic acids is 1. The van der Waals surface area contributed by atoms with Crippen LogP contribution >= 0.6 is 0 Å². The fourth-order valence-corrected chi connectivity index (χ4v) is 1.92. The standard InChI is InChI=1S/C17H22N4O/c1-13(2)17(22)19-16-11-10-15(20-21-16)18-12-6-9-14-7-4-3-5-8-14/h3-5,7-8,10-11,13H,6,9,12H2,1-2H3,(H,18,20)(H,19,21,22). The lowest BCUT2D eigenvalue weighted by atomic mass is 10.1. The molecule has 116 valence electrons. The zero-order chi connectivity index (χ0) is 15.8. The summed E-state index contributed by atoms with van der Waals surface area (Å²) >= 11 is 0. The maximum atomic E-state index is 11.5. The summed E-state index contributed by atoms with van der Waals surface area (Å²) in [5.41, 5.74) is 1.34. The molecular weight excluding hydrogens is 276 g/mol. The Kier molecular flexibility index (Phi) is 5.89. The van der Waals surface area contributed by atoms with Crippen molar-refractivity contribution in [3.63, 3.8) is 0 Å². The molecule has 0 radical (unpaired) electrons. The topological polar surface area (TPSA) is 66.9 Å². The summed E-state index contributed by atoms with van der Waals surface area (Å²) in [5, 5.41) is 14.0. The van der Waals surface area contributed by atoms with Crippen molar-refractivity contribution in [2.24, 2.45) is 5.92 Å². The number of hydrogen-bond donors (Lipinski definition) is 2. The molecule has 0 aliphatic heterocycles. The van der Waals surface area contributed by atoms with Gasteiger partial charge in [-0.2, -0.15) is 0 Å². The van der Waals surface area contributed by atoms with Crippen LogP contribution in [0, 0.1) is 5.92 Å². The highest BCUT2D eigenvalue weighted by molar-refractivity contribution is 5.91. The van der Waals surface area contributed by atoms with E-state index in [1.54, 1.807) is 6.07 Å². The van der Waals surface area contributed by atoms with Gasteiger partial charge in [0.1, 0.15) is 5.82 Å². The lowest BCUT2D eigenvalue weighted by molar-refractivity contribution is -0.118. The van der Waals surface area contributed by atoms with Crippen molar-refractivity contribution in [1.29, 1.82) is 0 Å². The van der Waals surface area contributed by atoms with Crippen LogP contribution in [0.2, 0.25) is 0 Å². The maximum Gasteiger partial charge on any atom is 0.228 e. The molecule has 0 saturated carbocycles. The molecule has 1 aromatic heterocycles. The monoisotopic (exact) mass is 298 g/mol. The molecule has 1 heterocycles. The summed E-state index contributed by atoms with van der Waals surface area (Å²) < 4.78 is 0. The fourth-order valence-electron chi connectivity index (χ4n) is 1.92. The lowest BCUT2D eigenvalue weighted by Crippen LogP contribution is -2.18. The number of carbonyl (C=O) groups is 1. The molecule has 0 bridgehead atoms. The number of amides is 1. The number of rotatable bonds is 7. The molecule has 0 unspecified atom stereocenters. The van der Waals surface area contributed by atoms with Crippen LogP contribution < -0.4 is 10.6 Å². The number of aryl methyl sites for hydroxylation is 1. The number of nitrogens with zero attached hydrogens (tertiary/aromatic N) is 2.